The van der Waals surface area contributed by atoms with Gasteiger partial charge in [0.15, 0.2) is 0 Å². The molecule has 1 unspecified atom stereocenters. The largest absolute Gasteiger partial charge is 0.404 e. The van der Waals surface area contributed by atoms with Gasteiger partial charge in [0.05, 0.1) is 5.52 Å². The lowest BCUT2D eigenvalue weighted by Gasteiger charge is -2.18. The molecule has 1 atom stereocenters. The number of aromatic nitrogens is 2. The van der Waals surface area contributed by atoms with Crippen LogP contribution in [-0.2, 0) is 4.74 Å². The zero-order valence-corrected chi connectivity index (χ0v) is 13.2. The van der Waals surface area contributed by atoms with E-state index >= 15 is 0 Å². The van der Waals surface area contributed by atoms with Gasteiger partial charge in [-0.05, 0) is 37.0 Å². The van der Waals surface area contributed by atoms with E-state index in [1.807, 2.05) is 25.2 Å². The second-order valence-electron chi connectivity index (χ2n) is 5.43. The summed E-state index contributed by atoms with van der Waals surface area (Å²) in [5.74, 6) is 0.792. The van der Waals surface area contributed by atoms with Crippen molar-refractivity contribution < 1.29 is 4.74 Å². The van der Waals surface area contributed by atoms with Gasteiger partial charge in [0, 0.05) is 37.0 Å². The van der Waals surface area contributed by atoms with Crippen molar-refractivity contribution in [3.8, 4) is 0 Å². The predicted octanol–water partition coefficient (Wildman–Crippen LogP) is 2.57. The van der Waals surface area contributed by atoms with Crippen LogP contribution in [0.25, 0.3) is 16.5 Å². The first-order chi connectivity index (χ1) is 11.3. The van der Waals surface area contributed by atoms with Crippen LogP contribution in [0.4, 0.5) is 5.82 Å². The van der Waals surface area contributed by atoms with Crippen LogP contribution in [0.5, 0.6) is 0 Å². The molecule has 1 aromatic heterocycles. The summed E-state index contributed by atoms with van der Waals surface area (Å²) in [6.07, 6.45) is 8.08. The molecule has 2 aromatic rings. The number of ether oxygens (including phenoxy) is 1. The van der Waals surface area contributed by atoms with E-state index in [-0.39, 0.29) is 6.23 Å². The van der Waals surface area contributed by atoms with Crippen LogP contribution in [0.2, 0.25) is 0 Å². The second-order valence-corrected chi connectivity index (χ2v) is 5.43. The van der Waals surface area contributed by atoms with Gasteiger partial charge < -0.3 is 15.8 Å². The van der Waals surface area contributed by atoms with Crippen LogP contribution < -0.4 is 11.1 Å². The van der Waals surface area contributed by atoms with Crippen molar-refractivity contribution in [2.75, 3.05) is 19.0 Å². The monoisotopic (exact) mass is 311 g/mol. The minimum absolute atomic E-state index is 0.0599. The van der Waals surface area contributed by atoms with E-state index in [0.717, 1.165) is 53.7 Å². The molecule has 3 N–H and O–H groups in total. The lowest BCUT2D eigenvalue weighted by atomic mass is 10.0. The first-order valence-corrected chi connectivity index (χ1v) is 7.81. The molecule has 0 bridgehead atoms. The van der Waals surface area contributed by atoms with Gasteiger partial charge in [-0.25, -0.2) is 9.97 Å². The average molecular weight is 311 g/mol. The zero-order chi connectivity index (χ0) is 16.1. The minimum atomic E-state index is -0.0599. The summed E-state index contributed by atoms with van der Waals surface area (Å²) in [5, 5.41) is 4.04. The van der Waals surface area contributed by atoms with Crippen LogP contribution in [0.15, 0.2) is 35.7 Å². The lowest BCUT2D eigenvalue weighted by Crippen LogP contribution is -2.16. The molecule has 1 aromatic carbocycles. The Morgan fingerprint density at radius 2 is 2.30 bits per heavy atom. The van der Waals surface area contributed by atoms with Crippen LogP contribution in [0.1, 0.15) is 24.8 Å². The highest BCUT2D eigenvalue weighted by atomic mass is 16.5. The average Bonchev–Trinajstić information content (AvgIpc) is 2.62. The normalized spacial score (nSPS) is 19.3. The van der Waals surface area contributed by atoms with E-state index in [0.29, 0.717) is 0 Å². The summed E-state index contributed by atoms with van der Waals surface area (Å²) in [6, 6.07) is 5.97. The van der Waals surface area contributed by atoms with Gasteiger partial charge in [-0.2, -0.15) is 0 Å². The number of benzene rings is 1. The van der Waals surface area contributed by atoms with Gasteiger partial charge in [0.1, 0.15) is 18.4 Å². The Morgan fingerprint density at radius 3 is 3.04 bits per heavy atom. The van der Waals surface area contributed by atoms with E-state index in [2.05, 4.69) is 20.3 Å². The quantitative estimate of drug-likeness (QED) is 0.848. The maximum Gasteiger partial charge on any atom is 0.148 e. The summed E-state index contributed by atoms with van der Waals surface area (Å²) in [7, 11) is 1.84. The molecule has 1 saturated heterocycles. The molecular formula is C17H21N5O. The molecule has 0 radical (unpaired) electrons. The number of hydrogen-bond donors (Lipinski definition) is 2. The molecule has 0 aliphatic carbocycles. The maximum atomic E-state index is 5.79. The summed E-state index contributed by atoms with van der Waals surface area (Å²) in [5.41, 5.74) is 8.51. The lowest BCUT2D eigenvalue weighted by molar-refractivity contribution is 0.0227. The third kappa shape index (κ3) is 3.48. The van der Waals surface area contributed by atoms with E-state index in [1.54, 1.807) is 18.7 Å². The smallest absolute Gasteiger partial charge is 0.148 e. The Morgan fingerprint density at radius 1 is 1.39 bits per heavy atom. The standard InChI is InChI=1S/C17H21N5O/c1-19-17-14-8-12(5-6-15(14)21-11-22-17)13(9-18)10-20-16-4-2-3-7-23-16/h5-6,8-11,16H,2-4,7,18H2,1H3,(H,19,21,22). The highest BCUT2D eigenvalue weighted by Crippen LogP contribution is 2.23. The van der Waals surface area contributed by atoms with Crippen molar-refractivity contribution in [3.05, 3.63) is 36.3 Å². The van der Waals surface area contributed by atoms with Gasteiger partial charge in [0.2, 0.25) is 0 Å². The number of anilines is 1. The topological polar surface area (TPSA) is 85.4 Å². The minimum Gasteiger partial charge on any atom is -0.404 e. The Bertz CT molecular complexity index is 735. The fourth-order valence-electron chi connectivity index (χ4n) is 2.65. The molecule has 2 heterocycles. The molecule has 0 saturated carbocycles. The molecule has 0 amide bonds. The SMILES string of the molecule is CNc1ncnc2ccc(C(C=NC3CCCCO3)=CN)cc12. The van der Waals surface area contributed by atoms with E-state index in [4.69, 9.17) is 10.5 Å². The van der Waals surface area contributed by atoms with Crippen molar-refractivity contribution in [3.63, 3.8) is 0 Å². The number of nitrogens with zero attached hydrogens (tertiary/aromatic N) is 3. The molecule has 1 aliphatic rings. The number of aliphatic imine (C=N–C) groups is 1. The molecule has 1 fully saturated rings. The van der Waals surface area contributed by atoms with Crippen LogP contribution in [0.3, 0.4) is 0 Å². The van der Waals surface area contributed by atoms with Crippen molar-refractivity contribution in [1.82, 2.24) is 9.97 Å². The second kappa shape index (κ2) is 7.19. The summed E-state index contributed by atoms with van der Waals surface area (Å²) < 4.78 is 5.62. The molecule has 1 aliphatic heterocycles. The van der Waals surface area contributed by atoms with Gasteiger partial charge in [-0.3, -0.25) is 4.99 Å². The third-order valence-corrected chi connectivity index (χ3v) is 3.92. The van der Waals surface area contributed by atoms with Gasteiger partial charge in [0.25, 0.3) is 0 Å². The van der Waals surface area contributed by atoms with E-state index in [9.17, 15) is 0 Å². The number of fused-ring (bicyclic) bond motifs is 1. The fourth-order valence-corrected chi connectivity index (χ4v) is 2.65. The summed E-state index contributed by atoms with van der Waals surface area (Å²) in [6.45, 7) is 0.780. The number of nitrogens with two attached hydrogens (primary N) is 1. The molecular weight excluding hydrogens is 290 g/mol. The van der Waals surface area contributed by atoms with Gasteiger partial charge >= 0.3 is 0 Å². The van der Waals surface area contributed by atoms with Gasteiger partial charge in [-0.1, -0.05) is 6.07 Å². The van der Waals surface area contributed by atoms with E-state index in [1.165, 1.54) is 0 Å². The van der Waals surface area contributed by atoms with Crippen LogP contribution in [0, 0.1) is 0 Å². The number of rotatable bonds is 4. The van der Waals surface area contributed by atoms with Crippen molar-refractivity contribution in [1.29, 1.82) is 0 Å². The Hall–Kier alpha value is -2.47. The molecule has 3 rings (SSSR count). The molecule has 23 heavy (non-hydrogen) atoms. The first kappa shape index (κ1) is 15.4. The van der Waals surface area contributed by atoms with Crippen molar-refractivity contribution in [2.45, 2.75) is 25.5 Å². The predicted molar refractivity (Wildman–Crippen MR) is 93.3 cm³/mol. The third-order valence-electron chi connectivity index (χ3n) is 3.92. The highest BCUT2D eigenvalue weighted by molar-refractivity contribution is 6.11. The molecule has 6 nitrogen and oxygen atoms in total. The Labute approximate surface area is 135 Å². The van der Waals surface area contributed by atoms with Crippen LogP contribution in [-0.4, -0.2) is 36.1 Å². The number of nitrogens with one attached hydrogen (secondary N) is 1. The Balaban J connectivity index is 1.89. The number of allylic oxidation sites excluding steroid dienone is 1. The molecule has 120 valence electrons. The fraction of sp³-hybridized carbons (Fsp3) is 0.353. The molecule has 0 spiro atoms. The molecule has 6 heteroatoms. The van der Waals surface area contributed by atoms with Crippen LogP contribution >= 0.6 is 0 Å². The summed E-state index contributed by atoms with van der Waals surface area (Å²) in [4.78, 5) is 13.0. The van der Waals surface area contributed by atoms with Gasteiger partial charge in [-0.15, -0.1) is 0 Å². The van der Waals surface area contributed by atoms with E-state index < -0.39 is 0 Å². The zero-order valence-electron chi connectivity index (χ0n) is 13.2. The van der Waals surface area contributed by atoms with Crippen molar-refractivity contribution >= 4 is 28.5 Å². The highest BCUT2D eigenvalue weighted by Gasteiger charge is 2.12. The first-order valence-electron chi connectivity index (χ1n) is 7.81. The Kier molecular flexibility index (Phi) is 4.83. The number of hydrogen-bond acceptors (Lipinski definition) is 6. The maximum absolute atomic E-state index is 5.79. The summed E-state index contributed by atoms with van der Waals surface area (Å²) >= 11 is 0. The van der Waals surface area contributed by atoms with Crippen molar-refractivity contribution in [2.24, 2.45) is 10.7 Å².